The molecule has 0 atom stereocenters. The van der Waals surface area contributed by atoms with E-state index >= 15 is 0 Å². The largest absolute Gasteiger partial charge is 1.00 e. The number of hydrogen-bond donors (Lipinski definition) is 0. The zero-order valence-corrected chi connectivity index (χ0v) is 27.9. The van der Waals surface area contributed by atoms with Crippen LogP contribution in [0.1, 0.15) is 221 Å². The first-order valence-corrected chi connectivity index (χ1v) is 17.9. The smallest absolute Gasteiger partial charge is 1.00 e. The van der Waals surface area contributed by atoms with E-state index < -0.39 is 0 Å². The van der Waals surface area contributed by atoms with Crippen LogP contribution in [-0.4, -0.2) is 29.3 Å². The molecule has 41 heavy (non-hydrogen) atoms. The molecular formula is C36H74AlLiO3. The standard InChI is InChI=1S/C36H70O3.Al.Li.4H/c1-3-5-7-9-11-13-15-17-19-21-23-25-27-29-31-33-35(37)39-36(38)34-32-30-28-26-24-22-20-18-16-14-12-10-8-6-4-2;;;;;;/h3-34H2,1-2H3;;;;;;/q;;+1;;;;-1. The molecule has 0 spiro atoms. The molecule has 0 bridgehead atoms. The second-order valence-electron chi connectivity index (χ2n) is 12.2. The van der Waals surface area contributed by atoms with E-state index in [1.165, 1.54) is 167 Å². The summed E-state index contributed by atoms with van der Waals surface area (Å²) < 4.78 is 5.01. The molecule has 0 aliphatic heterocycles. The summed E-state index contributed by atoms with van der Waals surface area (Å²) in [5.41, 5.74) is 0. The van der Waals surface area contributed by atoms with E-state index in [1.807, 2.05) is 0 Å². The fourth-order valence-corrected chi connectivity index (χ4v) is 5.51. The van der Waals surface area contributed by atoms with Gasteiger partial charge in [-0.05, 0) is 12.8 Å². The Kier molecular flexibility index (Phi) is 44.9. The first-order chi connectivity index (χ1) is 19.2. The van der Waals surface area contributed by atoms with Crippen molar-refractivity contribution in [3.63, 3.8) is 0 Å². The number of esters is 2. The Labute approximate surface area is 282 Å². The van der Waals surface area contributed by atoms with Gasteiger partial charge < -0.3 is 6.16 Å². The van der Waals surface area contributed by atoms with Gasteiger partial charge in [0, 0.05) is 12.8 Å². The van der Waals surface area contributed by atoms with Crippen molar-refractivity contribution in [2.45, 2.75) is 219 Å². The number of rotatable bonds is 32. The van der Waals surface area contributed by atoms with Crippen molar-refractivity contribution in [1.82, 2.24) is 0 Å². The molecule has 0 fully saturated rings. The zero-order valence-electron chi connectivity index (χ0n) is 28.9. The molecule has 0 radical (unpaired) electrons. The van der Waals surface area contributed by atoms with Crippen LogP contribution in [-0.2, 0) is 14.3 Å². The Bertz CT molecular complexity index is 478. The van der Waals surface area contributed by atoms with Crippen molar-refractivity contribution in [3.05, 3.63) is 0 Å². The monoisotopic (exact) mass is 589 g/mol. The topological polar surface area (TPSA) is 43.4 Å². The van der Waals surface area contributed by atoms with Gasteiger partial charge in [-0.2, -0.15) is 0 Å². The van der Waals surface area contributed by atoms with Crippen LogP contribution >= 0.6 is 0 Å². The van der Waals surface area contributed by atoms with E-state index in [9.17, 15) is 9.59 Å². The molecule has 0 amide bonds. The molecule has 0 saturated heterocycles. The molecule has 240 valence electrons. The SMILES string of the molecule is CCCCCCCCCCCCCCCCCC(=O)OC(=O)CCCCCCCCCCCCCCCCC.[AlH3].[H-].[Li+]. The van der Waals surface area contributed by atoms with E-state index in [4.69, 9.17) is 4.74 Å². The van der Waals surface area contributed by atoms with Crippen LogP contribution in [0.3, 0.4) is 0 Å². The molecule has 0 aromatic carbocycles. The van der Waals surface area contributed by atoms with Crippen molar-refractivity contribution in [2.24, 2.45) is 0 Å². The third kappa shape index (κ3) is 40.3. The van der Waals surface area contributed by atoms with Crippen LogP contribution in [0, 0.1) is 0 Å². The summed E-state index contributed by atoms with van der Waals surface area (Å²) in [6.45, 7) is 4.55. The predicted octanol–water partition coefficient (Wildman–Crippen LogP) is 8.51. The third-order valence-electron chi connectivity index (χ3n) is 8.20. The van der Waals surface area contributed by atoms with Crippen molar-refractivity contribution >= 4 is 29.3 Å². The van der Waals surface area contributed by atoms with Gasteiger partial charge in [0.1, 0.15) is 0 Å². The van der Waals surface area contributed by atoms with Gasteiger partial charge in [-0.15, -0.1) is 0 Å². The second-order valence-corrected chi connectivity index (χ2v) is 12.2. The number of ether oxygens (including phenoxy) is 1. The van der Waals surface area contributed by atoms with Crippen molar-refractivity contribution in [1.29, 1.82) is 0 Å². The third-order valence-corrected chi connectivity index (χ3v) is 8.20. The van der Waals surface area contributed by atoms with E-state index in [0.717, 1.165) is 25.7 Å². The molecule has 0 N–H and O–H groups in total. The minimum Gasteiger partial charge on any atom is -1.00 e. The Morgan fingerprint density at radius 3 is 0.732 bits per heavy atom. The van der Waals surface area contributed by atoms with Gasteiger partial charge >= 0.3 is 30.8 Å². The van der Waals surface area contributed by atoms with Crippen LogP contribution in [0.5, 0.6) is 0 Å². The summed E-state index contributed by atoms with van der Waals surface area (Å²) >= 11 is 0. The van der Waals surface area contributed by atoms with Crippen LogP contribution in [0.2, 0.25) is 0 Å². The Morgan fingerprint density at radius 1 is 0.366 bits per heavy atom. The summed E-state index contributed by atoms with van der Waals surface area (Å²) in [7, 11) is 0. The van der Waals surface area contributed by atoms with Crippen molar-refractivity contribution in [3.8, 4) is 0 Å². The van der Waals surface area contributed by atoms with Gasteiger partial charge in [0.2, 0.25) is 0 Å². The molecular weight excluding hydrogens is 514 g/mol. The molecule has 0 heterocycles. The van der Waals surface area contributed by atoms with Gasteiger partial charge in [-0.3, -0.25) is 9.59 Å². The number of unbranched alkanes of at least 4 members (excludes halogenated alkanes) is 28. The van der Waals surface area contributed by atoms with Gasteiger partial charge in [0.25, 0.3) is 0 Å². The maximum Gasteiger partial charge on any atom is 1.00 e. The van der Waals surface area contributed by atoms with Crippen molar-refractivity contribution in [2.75, 3.05) is 0 Å². The second kappa shape index (κ2) is 40.3. The predicted molar refractivity (Wildman–Crippen MR) is 181 cm³/mol. The van der Waals surface area contributed by atoms with Crippen LogP contribution < -0.4 is 18.9 Å². The molecule has 0 saturated carbocycles. The zero-order chi connectivity index (χ0) is 28.5. The van der Waals surface area contributed by atoms with E-state index in [0.29, 0.717) is 12.8 Å². The molecule has 0 aliphatic carbocycles. The van der Waals surface area contributed by atoms with Crippen LogP contribution in [0.4, 0.5) is 0 Å². The summed E-state index contributed by atoms with van der Waals surface area (Å²) in [4.78, 5) is 23.8. The van der Waals surface area contributed by atoms with Gasteiger partial charge in [-0.1, -0.05) is 194 Å². The molecule has 5 heteroatoms. The fraction of sp³-hybridized carbons (Fsp3) is 0.944. The fourth-order valence-electron chi connectivity index (χ4n) is 5.51. The molecule has 0 aliphatic rings. The minimum absolute atomic E-state index is 0. The summed E-state index contributed by atoms with van der Waals surface area (Å²) in [6.07, 6.45) is 40.1. The van der Waals surface area contributed by atoms with Gasteiger partial charge in [0.05, 0.1) is 0 Å². The van der Waals surface area contributed by atoms with Gasteiger partial charge in [0.15, 0.2) is 17.4 Å². The molecule has 0 aromatic heterocycles. The molecule has 0 unspecified atom stereocenters. The number of carbonyl (C=O) groups excluding carboxylic acids is 2. The maximum atomic E-state index is 11.9. The van der Waals surface area contributed by atoms with Crippen molar-refractivity contribution < 1.29 is 34.6 Å². The minimum atomic E-state index is -0.323. The molecule has 3 nitrogen and oxygen atoms in total. The Morgan fingerprint density at radius 2 is 0.537 bits per heavy atom. The summed E-state index contributed by atoms with van der Waals surface area (Å²) in [6, 6.07) is 0. The van der Waals surface area contributed by atoms with E-state index in [1.54, 1.807) is 0 Å². The van der Waals surface area contributed by atoms with Crippen LogP contribution in [0.25, 0.3) is 0 Å². The van der Waals surface area contributed by atoms with E-state index in [-0.39, 0.29) is 49.6 Å². The summed E-state index contributed by atoms with van der Waals surface area (Å²) in [5.74, 6) is -0.647. The van der Waals surface area contributed by atoms with Crippen LogP contribution in [0.15, 0.2) is 0 Å². The Hall–Kier alpha value is 0.270. The number of hydrogen-bond acceptors (Lipinski definition) is 3. The summed E-state index contributed by atoms with van der Waals surface area (Å²) in [5, 5.41) is 0. The first-order valence-electron chi connectivity index (χ1n) is 17.9. The maximum absolute atomic E-state index is 11.9. The van der Waals surface area contributed by atoms with E-state index in [2.05, 4.69) is 13.8 Å². The quantitative estimate of drug-likeness (QED) is 0.0342. The number of carbonyl (C=O) groups is 2. The first kappa shape index (κ1) is 45.7. The van der Waals surface area contributed by atoms with Gasteiger partial charge in [-0.25, -0.2) is 0 Å². The Balaban J connectivity index is -0.00000241. The average molecular weight is 589 g/mol. The average Bonchev–Trinajstić information content (AvgIpc) is 2.93. The molecule has 0 rings (SSSR count). The molecule has 0 aromatic rings. The normalized spacial score (nSPS) is 10.7.